The van der Waals surface area contributed by atoms with Gasteiger partial charge in [0.25, 0.3) is 0 Å². The van der Waals surface area contributed by atoms with Gasteiger partial charge in [-0.2, -0.15) is 0 Å². The summed E-state index contributed by atoms with van der Waals surface area (Å²) >= 11 is 18.0. The van der Waals surface area contributed by atoms with Crippen LogP contribution in [0.4, 0.5) is 5.69 Å². The zero-order valence-corrected chi connectivity index (χ0v) is 14.7. The SMILES string of the molecule is O=C(CCNc1ccccc1Cl)NCCc1ccc(Cl)cc1Cl. The van der Waals surface area contributed by atoms with Gasteiger partial charge < -0.3 is 10.6 Å². The number of amides is 1. The van der Waals surface area contributed by atoms with Gasteiger partial charge in [-0.25, -0.2) is 0 Å². The van der Waals surface area contributed by atoms with E-state index in [-0.39, 0.29) is 5.91 Å². The van der Waals surface area contributed by atoms with Gasteiger partial charge in [-0.15, -0.1) is 0 Å². The molecule has 2 aromatic rings. The third kappa shape index (κ3) is 5.94. The largest absolute Gasteiger partial charge is 0.383 e. The maximum Gasteiger partial charge on any atom is 0.221 e. The number of benzene rings is 2. The summed E-state index contributed by atoms with van der Waals surface area (Å²) in [5.41, 5.74) is 1.79. The van der Waals surface area contributed by atoms with Crippen LogP contribution in [-0.4, -0.2) is 19.0 Å². The summed E-state index contributed by atoms with van der Waals surface area (Å²) in [4.78, 5) is 11.8. The summed E-state index contributed by atoms with van der Waals surface area (Å²) in [7, 11) is 0. The lowest BCUT2D eigenvalue weighted by Gasteiger charge is -2.09. The van der Waals surface area contributed by atoms with Crippen molar-refractivity contribution >= 4 is 46.4 Å². The summed E-state index contributed by atoms with van der Waals surface area (Å²) in [6, 6.07) is 12.8. The molecule has 0 unspecified atom stereocenters. The fourth-order valence-electron chi connectivity index (χ4n) is 2.06. The Balaban J connectivity index is 1.68. The molecule has 0 bridgehead atoms. The molecule has 2 rings (SSSR count). The Morgan fingerprint density at radius 3 is 2.48 bits per heavy atom. The molecule has 2 aromatic carbocycles. The normalized spacial score (nSPS) is 10.4. The number of nitrogens with one attached hydrogen (secondary N) is 2. The van der Waals surface area contributed by atoms with Gasteiger partial charge in [0, 0.05) is 29.6 Å². The minimum absolute atomic E-state index is 0.0189. The lowest BCUT2D eigenvalue weighted by molar-refractivity contribution is -0.120. The molecule has 0 aliphatic rings. The summed E-state index contributed by atoms with van der Waals surface area (Å²) in [6.07, 6.45) is 1.04. The second-order valence-corrected chi connectivity index (χ2v) is 6.24. The highest BCUT2D eigenvalue weighted by Gasteiger charge is 2.04. The number of carbonyl (C=O) groups is 1. The van der Waals surface area contributed by atoms with E-state index in [0.29, 0.717) is 41.0 Å². The Kier molecular flexibility index (Phi) is 7.03. The predicted molar refractivity (Wildman–Crippen MR) is 97.7 cm³/mol. The van der Waals surface area contributed by atoms with Crippen molar-refractivity contribution in [2.24, 2.45) is 0 Å². The van der Waals surface area contributed by atoms with Crippen molar-refractivity contribution in [1.29, 1.82) is 0 Å². The highest BCUT2D eigenvalue weighted by Crippen LogP contribution is 2.21. The smallest absolute Gasteiger partial charge is 0.221 e. The topological polar surface area (TPSA) is 41.1 Å². The first-order chi connectivity index (χ1) is 11.1. The molecule has 0 aromatic heterocycles. The monoisotopic (exact) mass is 370 g/mol. The molecule has 0 heterocycles. The third-order valence-corrected chi connectivity index (χ3v) is 4.19. The molecule has 23 heavy (non-hydrogen) atoms. The van der Waals surface area contributed by atoms with Gasteiger partial charge in [-0.1, -0.05) is 53.0 Å². The van der Waals surface area contributed by atoms with Crippen molar-refractivity contribution in [3.8, 4) is 0 Å². The summed E-state index contributed by atoms with van der Waals surface area (Å²) in [6.45, 7) is 1.06. The van der Waals surface area contributed by atoms with Gasteiger partial charge in [0.1, 0.15) is 0 Å². The number of hydrogen-bond acceptors (Lipinski definition) is 2. The molecule has 0 saturated heterocycles. The minimum atomic E-state index is -0.0189. The molecule has 0 radical (unpaired) electrons. The van der Waals surface area contributed by atoms with Crippen LogP contribution >= 0.6 is 34.8 Å². The van der Waals surface area contributed by atoms with E-state index in [2.05, 4.69) is 10.6 Å². The Labute approximate surface area is 150 Å². The standard InChI is InChI=1S/C17H17Cl3N2O/c18-13-6-5-12(15(20)11-13)7-9-22-17(23)8-10-21-16-4-2-1-3-14(16)19/h1-6,11,21H,7-10H2,(H,22,23). The molecule has 6 heteroatoms. The predicted octanol–water partition coefficient (Wildman–Crippen LogP) is 4.81. The zero-order chi connectivity index (χ0) is 16.7. The van der Waals surface area contributed by atoms with Gasteiger partial charge in [-0.3, -0.25) is 4.79 Å². The molecule has 0 spiro atoms. The second kappa shape index (κ2) is 9.02. The van der Waals surface area contributed by atoms with Gasteiger partial charge >= 0.3 is 0 Å². The first-order valence-corrected chi connectivity index (χ1v) is 8.38. The van der Waals surface area contributed by atoms with E-state index >= 15 is 0 Å². The van der Waals surface area contributed by atoms with Crippen LogP contribution in [0.5, 0.6) is 0 Å². The molecule has 1 amide bonds. The number of hydrogen-bond donors (Lipinski definition) is 2. The molecule has 0 atom stereocenters. The summed E-state index contributed by atoms with van der Waals surface area (Å²) in [5, 5.41) is 7.88. The number of rotatable bonds is 7. The summed E-state index contributed by atoms with van der Waals surface area (Å²) < 4.78 is 0. The first-order valence-electron chi connectivity index (χ1n) is 7.25. The van der Waals surface area contributed by atoms with Gasteiger partial charge in [0.15, 0.2) is 0 Å². The van der Waals surface area contributed by atoms with Crippen LogP contribution in [0.3, 0.4) is 0 Å². The molecule has 122 valence electrons. The highest BCUT2D eigenvalue weighted by molar-refractivity contribution is 6.35. The molecule has 0 fully saturated rings. The Morgan fingerprint density at radius 1 is 0.957 bits per heavy atom. The average Bonchev–Trinajstić information content (AvgIpc) is 2.51. The molecule has 0 aliphatic heterocycles. The second-order valence-electron chi connectivity index (χ2n) is 4.99. The Hall–Kier alpha value is -1.42. The van der Waals surface area contributed by atoms with E-state index in [1.165, 1.54) is 0 Å². The molecule has 0 saturated carbocycles. The fourth-order valence-corrected chi connectivity index (χ4v) is 2.77. The quantitative estimate of drug-likeness (QED) is 0.733. The van der Waals surface area contributed by atoms with E-state index in [4.69, 9.17) is 34.8 Å². The van der Waals surface area contributed by atoms with Gasteiger partial charge in [0.2, 0.25) is 5.91 Å². The van der Waals surface area contributed by atoms with E-state index in [0.717, 1.165) is 11.3 Å². The maximum absolute atomic E-state index is 11.8. The lowest BCUT2D eigenvalue weighted by Crippen LogP contribution is -2.27. The van der Waals surface area contributed by atoms with Crippen LogP contribution in [0, 0.1) is 0 Å². The summed E-state index contributed by atoms with van der Waals surface area (Å²) in [5.74, 6) is -0.0189. The molecule has 0 aliphatic carbocycles. The lowest BCUT2D eigenvalue weighted by atomic mass is 10.1. The fraction of sp³-hybridized carbons (Fsp3) is 0.235. The van der Waals surface area contributed by atoms with Crippen LogP contribution in [0.1, 0.15) is 12.0 Å². The van der Waals surface area contributed by atoms with E-state index in [1.807, 2.05) is 24.3 Å². The molecular formula is C17H17Cl3N2O. The van der Waals surface area contributed by atoms with Crippen molar-refractivity contribution in [1.82, 2.24) is 5.32 Å². The van der Waals surface area contributed by atoms with Crippen molar-refractivity contribution in [2.75, 3.05) is 18.4 Å². The number of anilines is 1. The minimum Gasteiger partial charge on any atom is -0.383 e. The van der Waals surface area contributed by atoms with Crippen LogP contribution in [-0.2, 0) is 11.2 Å². The Morgan fingerprint density at radius 2 is 1.74 bits per heavy atom. The van der Waals surface area contributed by atoms with E-state index in [1.54, 1.807) is 18.2 Å². The highest BCUT2D eigenvalue weighted by atomic mass is 35.5. The third-order valence-electron chi connectivity index (χ3n) is 3.27. The van der Waals surface area contributed by atoms with Crippen molar-refractivity contribution in [3.63, 3.8) is 0 Å². The number of carbonyl (C=O) groups excluding carboxylic acids is 1. The molecule has 3 nitrogen and oxygen atoms in total. The van der Waals surface area contributed by atoms with Crippen molar-refractivity contribution in [3.05, 3.63) is 63.1 Å². The van der Waals surface area contributed by atoms with E-state index < -0.39 is 0 Å². The van der Waals surface area contributed by atoms with Crippen LogP contribution < -0.4 is 10.6 Å². The van der Waals surface area contributed by atoms with Gasteiger partial charge in [0.05, 0.1) is 10.7 Å². The maximum atomic E-state index is 11.8. The molecular weight excluding hydrogens is 355 g/mol. The van der Waals surface area contributed by atoms with Crippen molar-refractivity contribution in [2.45, 2.75) is 12.8 Å². The van der Waals surface area contributed by atoms with Crippen molar-refractivity contribution < 1.29 is 4.79 Å². The average molecular weight is 372 g/mol. The first kappa shape index (κ1) is 17.9. The van der Waals surface area contributed by atoms with Crippen LogP contribution in [0.25, 0.3) is 0 Å². The number of para-hydroxylation sites is 1. The zero-order valence-electron chi connectivity index (χ0n) is 12.4. The van der Waals surface area contributed by atoms with Crippen LogP contribution in [0.15, 0.2) is 42.5 Å². The van der Waals surface area contributed by atoms with E-state index in [9.17, 15) is 4.79 Å². The number of halogens is 3. The van der Waals surface area contributed by atoms with Crippen LogP contribution in [0.2, 0.25) is 15.1 Å². The molecule has 2 N–H and O–H groups in total. The Bertz CT molecular complexity index is 677. The van der Waals surface area contributed by atoms with Gasteiger partial charge in [-0.05, 0) is 36.2 Å².